The van der Waals surface area contributed by atoms with Crippen LogP contribution in [0.3, 0.4) is 0 Å². The fraction of sp³-hybridized carbons (Fsp3) is 0.417. The quantitative estimate of drug-likeness (QED) is 0.805. The Morgan fingerprint density at radius 3 is 2.48 bits per heavy atom. The number of halogens is 2. The molecule has 2 aromatic heterocycles. The number of sulfone groups is 1. The summed E-state index contributed by atoms with van der Waals surface area (Å²) in [5.74, 6) is -0.259. The fourth-order valence-electron chi connectivity index (χ4n) is 1.71. The normalized spacial score (nSPS) is 12.1. The maximum Gasteiger partial charge on any atom is 0.280 e. The lowest BCUT2D eigenvalue weighted by Gasteiger charge is -2.07. The van der Waals surface area contributed by atoms with Crippen LogP contribution in [-0.2, 0) is 16.9 Å². The number of hydrogen-bond donors (Lipinski definition) is 0. The Labute approximate surface area is 120 Å². The van der Waals surface area contributed by atoms with Crippen LogP contribution in [-0.4, -0.2) is 33.9 Å². The van der Waals surface area contributed by atoms with Crippen molar-refractivity contribution in [2.75, 3.05) is 5.75 Å². The molecule has 2 heterocycles. The molecule has 0 radical (unpaired) electrons. The zero-order valence-electron chi connectivity index (χ0n) is 11.7. The first-order chi connectivity index (χ1) is 9.76. The molecule has 0 unspecified atom stereocenters. The summed E-state index contributed by atoms with van der Waals surface area (Å²) >= 11 is 0. The molecule has 6 nitrogen and oxygen atoms in total. The van der Waals surface area contributed by atoms with Gasteiger partial charge in [0.25, 0.3) is 6.43 Å². The molecular formula is C12H14F2N4O2S. The van der Waals surface area contributed by atoms with E-state index in [0.29, 0.717) is 11.3 Å². The Morgan fingerprint density at radius 2 is 2.00 bits per heavy atom. The van der Waals surface area contributed by atoms with Crippen molar-refractivity contribution in [3.05, 3.63) is 23.7 Å². The molecule has 21 heavy (non-hydrogen) atoms. The molecule has 0 spiro atoms. The number of nitrogens with zero attached hydrogens (tertiary/aromatic N) is 4. The number of aromatic nitrogens is 4. The minimum Gasteiger partial charge on any atom is -0.272 e. The number of rotatable bonds is 4. The van der Waals surface area contributed by atoms with E-state index in [1.54, 1.807) is 18.7 Å². The van der Waals surface area contributed by atoms with Crippen molar-refractivity contribution < 1.29 is 17.2 Å². The minimum atomic E-state index is -3.77. The Kier molecular flexibility index (Phi) is 4.04. The van der Waals surface area contributed by atoms with Crippen LogP contribution >= 0.6 is 0 Å². The molecule has 0 amide bonds. The highest BCUT2D eigenvalue weighted by molar-refractivity contribution is 7.91. The molecule has 0 aliphatic rings. The van der Waals surface area contributed by atoms with E-state index in [-0.39, 0.29) is 11.4 Å². The average Bonchev–Trinajstić information content (AvgIpc) is 2.78. The lowest BCUT2D eigenvalue weighted by atomic mass is 10.1. The molecule has 0 aromatic carbocycles. The molecule has 9 heteroatoms. The van der Waals surface area contributed by atoms with Crippen molar-refractivity contribution in [3.63, 3.8) is 0 Å². The highest BCUT2D eigenvalue weighted by Crippen LogP contribution is 2.26. The van der Waals surface area contributed by atoms with Gasteiger partial charge in [-0.1, -0.05) is 6.92 Å². The molecule has 0 saturated carbocycles. The van der Waals surface area contributed by atoms with Gasteiger partial charge < -0.3 is 0 Å². The van der Waals surface area contributed by atoms with E-state index in [9.17, 15) is 17.2 Å². The zero-order valence-corrected chi connectivity index (χ0v) is 12.5. The Morgan fingerprint density at radius 1 is 1.33 bits per heavy atom. The Hall–Kier alpha value is -1.90. The van der Waals surface area contributed by atoms with Crippen molar-refractivity contribution in [2.24, 2.45) is 7.05 Å². The Bertz CT molecular complexity index is 772. The standard InChI is InChI=1S/C12H14F2N4O2S/c1-4-21(19,20)12-16-9(5-10(17-12)11(13)14)8-6-15-18(3)7(8)2/h5-6,11H,4H2,1-3H3. The monoisotopic (exact) mass is 316 g/mol. The summed E-state index contributed by atoms with van der Waals surface area (Å²) in [6.07, 6.45) is -1.43. The molecular weight excluding hydrogens is 302 g/mol. The van der Waals surface area contributed by atoms with Crippen LogP contribution in [0, 0.1) is 6.92 Å². The first kappa shape index (κ1) is 15.5. The summed E-state index contributed by atoms with van der Waals surface area (Å²) in [5, 5.41) is 3.42. The minimum absolute atomic E-state index is 0.123. The van der Waals surface area contributed by atoms with Crippen LogP contribution in [0.15, 0.2) is 17.4 Å². The molecule has 0 aliphatic heterocycles. The van der Waals surface area contributed by atoms with Gasteiger partial charge in [0.2, 0.25) is 15.0 Å². The smallest absolute Gasteiger partial charge is 0.272 e. The SMILES string of the molecule is CCS(=O)(=O)c1nc(-c2cnn(C)c2C)cc(C(F)F)n1. The van der Waals surface area contributed by atoms with Crippen molar-refractivity contribution in [3.8, 4) is 11.3 Å². The molecule has 2 aromatic rings. The van der Waals surface area contributed by atoms with Gasteiger partial charge in [0.05, 0.1) is 17.6 Å². The zero-order chi connectivity index (χ0) is 15.8. The van der Waals surface area contributed by atoms with E-state index < -0.39 is 27.1 Å². The van der Waals surface area contributed by atoms with Gasteiger partial charge in [0.15, 0.2) is 0 Å². The third-order valence-electron chi connectivity index (χ3n) is 3.12. The van der Waals surface area contributed by atoms with Gasteiger partial charge in [0.1, 0.15) is 5.69 Å². The van der Waals surface area contributed by atoms with Crippen LogP contribution in [0.5, 0.6) is 0 Å². The largest absolute Gasteiger partial charge is 0.280 e. The van der Waals surface area contributed by atoms with Gasteiger partial charge in [-0.2, -0.15) is 5.10 Å². The summed E-state index contributed by atoms with van der Waals surface area (Å²) in [7, 11) is -2.08. The van der Waals surface area contributed by atoms with Crippen molar-refractivity contribution in [2.45, 2.75) is 25.4 Å². The van der Waals surface area contributed by atoms with E-state index >= 15 is 0 Å². The van der Waals surface area contributed by atoms with Gasteiger partial charge in [-0.3, -0.25) is 4.68 Å². The van der Waals surface area contributed by atoms with Gasteiger partial charge in [-0.25, -0.2) is 27.2 Å². The van der Waals surface area contributed by atoms with Crippen molar-refractivity contribution in [1.82, 2.24) is 19.7 Å². The Balaban J connectivity index is 2.70. The van der Waals surface area contributed by atoms with E-state index in [0.717, 1.165) is 6.07 Å². The third-order valence-corrected chi connectivity index (χ3v) is 4.62. The first-order valence-corrected chi connectivity index (χ1v) is 7.80. The van der Waals surface area contributed by atoms with E-state index in [1.807, 2.05) is 0 Å². The third kappa shape index (κ3) is 2.92. The molecule has 2 rings (SSSR count). The lowest BCUT2D eigenvalue weighted by Crippen LogP contribution is -2.11. The van der Waals surface area contributed by atoms with Crippen molar-refractivity contribution in [1.29, 1.82) is 0 Å². The summed E-state index contributed by atoms with van der Waals surface area (Å²) in [5.41, 5.74) is 0.691. The van der Waals surface area contributed by atoms with Gasteiger partial charge in [-0.05, 0) is 13.0 Å². The molecule has 114 valence electrons. The highest BCUT2D eigenvalue weighted by Gasteiger charge is 2.22. The van der Waals surface area contributed by atoms with Crippen LogP contribution < -0.4 is 0 Å². The maximum atomic E-state index is 12.9. The second-order valence-electron chi connectivity index (χ2n) is 4.43. The fourth-order valence-corrected chi connectivity index (χ4v) is 2.45. The lowest BCUT2D eigenvalue weighted by molar-refractivity contribution is 0.145. The predicted octanol–water partition coefficient (Wildman–Crippen LogP) is 1.92. The molecule has 0 bridgehead atoms. The van der Waals surface area contributed by atoms with E-state index in [1.165, 1.54) is 13.1 Å². The molecule has 0 fully saturated rings. The van der Waals surface area contributed by atoms with E-state index in [2.05, 4.69) is 15.1 Å². The molecule has 0 N–H and O–H groups in total. The maximum absolute atomic E-state index is 12.9. The van der Waals surface area contributed by atoms with E-state index in [4.69, 9.17) is 0 Å². The van der Waals surface area contributed by atoms with Crippen LogP contribution in [0.2, 0.25) is 0 Å². The first-order valence-electron chi connectivity index (χ1n) is 6.15. The van der Waals surface area contributed by atoms with Crippen LogP contribution in [0.25, 0.3) is 11.3 Å². The highest BCUT2D eigenvalue weighted by atomic mass is 32.2. The number of hydrogen-bond acceptors (Lipinski definition) is 5. The summed E-state index contributed by atoms with van der Waals surface area (Å²) in [6.45, 7) is 3.14. The topological polar surface area (TPSA) is 77.7 Å². The molecule has 0 aliphatic carbocycles. The molecule has 0 saturated heterocycles. The van der Waals surface area contributed by atoms with Gasteiger partial charge in [0, 0.05) is 18.3 Å². The average molecular weight is 316 g/mol. The summed E-state index contributed by atoms with van der Waals surface area (Å²) < 4.78 is 51.1. The second kappa shape index (κ2) is 5.47. The summed E-state index contributed by atoms with van der Waals surface area (Å²) in [4.78, 5) is 7.38. The van der Waals surface area contributed by atoms with Gasteiger partial charge in [-0.15, -0.1) is 0 Å². The molecule has 0 atom stereocenters. The van der Waals surface area contributed by atoms with Crippen LogP contribution in [0.4, 0.5) is 8.78 Å². The summed E-state index contributed by atoms with van der Waals surface area (Å²) in [6, 6.07) is 1.09. The van der Waals surface area contributed by atoms with Crippen molar-refractivity contribution >= 4 is 9.84 Å². The van der Waals surface area contributed by atoms with Crippen LogP contribution in [0.1, 0.15) is 24.7 Å². The number of alkyl halides is 2. The van der Waals surface area contributed by atoms with Gasteiger partial charge >= 0.3 is 0 Å². The second-order valence-corrected chi connectivity index (χ2v) is 6.60. The predicted molar refractivity (Wildman–Crippen MR) is 71.7 cm³/mol. The number of aryl methyl sites for hydroxylation is 1.